The van der Waals surface area contributed by atoms with Crippen LogP contribution in [0.4, 0.5) is 23.1 Å². The van der Waals surface area contributed by atoms with Crippen molar-refractivity contribution in [2.24, 2.45) is 0 Å². The summed E-state index contributed by atoms with van der Waals surface area (Å²) in [6.07, 6.45) is 1.63. The molecule has 0 atom stereocenters. The summed E-state index contributed by atoms with van der Waals surface area (Å²) < 4.78 is 0. The van der Waals surface area contributed by atoms with E-state index in [0.717, 1.165) is 11.4 Å². The normalized spacial score (nSPS) is 10.0. The molecule has 0 aliphatic heterocycles. The molecule has 0 spiro atoms. The van der Waals surface area contributed by atoms with Crippen LogP contribution in [0.25, 0.3) is 0 Å². The van der Waals surface area contributed by atoms with Crippen LogP contribution in [0.5, 0.6) is 0 Å². The Morgan fingerprint density at radius 2 is 1.58 bits per heavy atom. The summed E-state index contributed by atoms with van der Waals surface area (Å²) in [5, 5.41) is 16.1. The van der Waals surface area contributed by atoms with Gasteiger partial charge in [-0.1, -0.05) is 23.2 Å². The smallest absolute Gasteiger partial charge is 0.229 e. The zero-order valence-electron chi connectivity index (χ0n) is 12.3. The maximum atomic E-state index is 8.81. The number of benzene rings is 2. The van der Waals surface area contributed by atoms with Crippen molar-refractivity contribution in [2.45, 2.75) is 0 Å². The van der Waals surface area contributed by atoms with Crippen LogP contribution in [-0.2, 0) is 0 Å². The van der Waals surface area contributed by atoms with Crippen molar-refractivity contribution in [1.82, 2.24) is 9.97 Å². The highest BCUT2D eigenvalue weighted by Gasteiger charge is 2.03. The number of nitrogens with zero attached hydrogens (tertiary/aromatic N) is 3. The minimum absolute atomic E-state index is 0.429. The summed E-state index contributed by atoms with van der Waals surface area (Å²) in [5.74, 6) is 1.03. The van der Waals surface area contributed by atoms with Gasteiger partial charge in [0.25, 0.3) is 0 Å². The number of nitriles is 1. The second kappa shape index (κ2) is 7.18. The first-order valence-corrected chi connectivity index (χ1v) is 7.71. The van der Waals surface area contributed by atoms with Gasteiger partial charge in [-0.05, 0) is 48.5 Å². The molecule has 0 radical (unpaired) electrons. The quantitative estimate of drug-likeness (QED) is 0.677. The summed E-state index contributed by atoms with van der Waals surface area (Å²) in [7, 11) is 0. The van der Waals surface area contributed by atoms with E-state index in [0.29, 0.717) is 27.4 Å². The summed E-state index contributed by atoms with van der Waals surface area (Å²) >= 11 is 12.0. The highest BCUT2D eigenvalue weighted by molar-refractivity contribution is 6.35. The van der Waals surface area contributed by atoms with E-state index in [2.05, 4.69) is 26.7 Å². The Morgan fingerprint density at radius 3 is 2.25 bits per heavy atom. The van der Waals surface area contributed by atoms with Gasteiger partial charge in [-0.2, -0.15) is 10.2 Å². The van der Waals surface area contributed by atoms with Gasteiger partial charge in [-0.3, -0.25) is 0 Å². The first kappa shape index (κ1) is 16.1. The second-order valence-electron chi connectivity index (χ2n) is 4.86. The number of rotatable bonds is 4. The molecular formula is C17H11Cl2N5. The molecule has 3 rings (SSSR count). The number of nitrogens with one attached hydrogen (secondary N) is 2. The van der Waals surface area contributed by atoms with Crippen LogP contribution in [0.3, 0.4) is 0 Å². The Kier molecular flexibility index (Phi) is 4.80. The summed E-state index contributed by atoms with van der Waals surface area (Å²) in [6, 6.07) is 16.0. The largest absolute Gasteiger partial charge is 0.340 e. The number of halogens is 2. The molecule has 0 unspecified atom stereocenters. The van der Waals surface area contributed by atoms with Gasteiger partial charge >= 0.3 is 0 Å². The molecule has 5 nitrogen and oxygen atoms in total. The molecule has 0 fully saturated rings. The Morgan fingerprint density at radius 1 is 0.875 bits per heavy atom. The van der Waals surface area contributed by atoms with Gasteiger partial charge in [-0.15, -0.1) is 0 Å². The Bertz CT molecular complexity index is 883. The minimum Gasteiger partial charge on any atom is -0.340 e. The highest BCUT2D eigenvalue weighted by atomic mass is 35.5. The lowest BCUT2D eigenvalue weighted by molar-refractivity contribution is 1.17. The molecule has 24 heavy (non-hydrogen) atoms. The van der Waals surface area contributed by atoms with Gasteiger partial charge in [0, 0.05) is 27.6 Å². The van der Waals surface area contributed by atoms with E-state index < -0.39 is 0 Å². The van der Waals surface area contributed by atoms with Crippen molar-refractivity contribution in [3.63, 3.8) is 0 Å². The number of anilines is 4. The molecule has 0 bridgehead atoms. The van der Waals surface area contributed by atoms with Gasteiger partial charge in [0.15, 0.2) is 0 Å². The van der Waals surface area contributed by atoms with Crippen molar-refractivity contribution in [3.8, 4) is 6.07 Å². The van der Waals surface area contributed by atoms with Crippen LogP contribution in [0.15, 0.2) is 54.7 Å². The van der Waals surface area contributed by atoms with Gasteiger partial charge in [0.1, 0.15) is 5.82 Å². The third-order valence-corrected chi connectivity index (χ3v) is 3.50. The average molecular weight is 356 g/mol. The fraction of sp³-hybridized carbons (Fsp3) is 0. The molecule has 2 aromatic carbocycles. The monoisotopic (exact) mass is 355 g/mol. The number of hydrogen-bond donors (Lipinski definition) is 2. The molecular weight excluding hydrogens is 345 g/mol. The van der Waals surface area contributed by atoms with E-state index in [-0.39, 0.29) is 0 Å². The van der Waals surface area contributed by atoms with E-state index in [1.54, 1.807) is 54.7 Å². The lowest BCUT2D eigenvalue weighted by atomic mass is 10.2. The second-order valence-corrected chi connectivity index (χ2v) is 5.74. The molecule has 118 valence electrons. The molecule has 0 aliphatic carbocycles. The van der Waals surface area contributed by atoms with Gasteiger partial charge in [0.2, 0.25) is 5.95 Å². The van der Waals surface area contributed by atoms with Crippen molar-refractivity contribution in [1.29, 1.82) is 5.26 Å². The molecule has 1 heterocycles. The minimum atomic E-state index is 0.429. The highest BCUT2D eigenvalue weighted by Crippen LogP contribution is 2.25. The van der Waals surface area contributed by atoms with Crippen LogP contribution in [0.2, 0.25) is 10.0 Å². The van der Waals surface area contributed by atoms with E-state index in [1.807, 2.05) is 0 Å². The summed E-state index contributed by atoms with van der Waals surface area (Å²) in [4.78, 5) is 8.56. The predicted octanol–water partition coefficient (Wildman–Crippen LogP) is 5.14. The van der Waals surface area contributed by atoms with Crippen molar-refractivity contribution in [3.05, 3.63) is 70.3 Å². The first-order valence-electron chi connectivity index (χ1n) is 6.96. The maximum Gasteiger partial charge on any atom is 0.229 e. The zero-order chi connectivity index (χ0) is 16.9. The summed E-state index contributed by atoms with van der Waals surface area (Å²) in [5.41, 5.74) is 2.11. The standard InChI is InChI=1S/C17H11Cl2N5/c18-12-7-13(19)9-15(8-12)22-16-5-6-21-17(24-16)23-14-3-1-11(10-20)2-4-14/h1-9H,(H2,21,22,23,24). The molecule has 7 heteroatoms. The van der Waals surface area contributed by atoms with Crippen LogP contribution in [-0.4, -0.2) is 9.97 Å². The van der Waals surface area contributed by atoms with Crippen molar-refractivity contribution < 1.29 is 0 Å². The molecule has 0 saturated heterocycles. The van der Waals surface area contributed by atoms with Crippen molar-refractivity contribution >= 4 is 46.3 Å². The van der Waals surface area contributed by atoms with Crippen LogP contribution >= 0.6 is 23.2 Å². The number of hydrogen-bond acceptors (Lipinski definition) is 5. The van der Waals surface area contributed by atoms with Crippen LogP contribution < -0.4 is 10.6 Å². The summed E-state index contributed by atoms with van der Waals surface area (Å²) in [6.45, 7) is 0. The van der Waals surface area contributed by atoms with Crippen LogP contribution in [0, 0.1) is 11.3 Å². The molecule has 0 amide bonds. The van der Waals surface area contributed by atoms with Crippen molar-refractivity contribution in [2.75, 3.05) is 10.6 Å². The molecule has 1 aromatic heterocycles. The first-order chi connectivity index (χ1) is 11.6. The Labute approximate surface area is 148 Å². The molecule has 0 saturated carbocycles. The number of aromatic nitrogens is 2. The predicted molar refractivity (Wildman–Crippen MR) is 96.2 cm³/mol. The Hall–Kier alpha value is -2.81. The van der Waals surface area contributed by atoms with E-state index in [4.69, 9.17) is 28.5 Å². The topological polar surface area (TPSA) is 73.6 Å². The molecule has 2 N–H and O–H groups in total. The lowest BCUT2D eigenvalue weighted by Crippen LogP contribution is -2.00. The third-order valence-electron chi connectivity index (χ3n) is 3.06. The SMILES string of the molecule is N#Cc1ccc(Nc2nccc(Nc3cc(Cl)cc(Cl)c3)n2)cc1. The third kappa shape index (κ3) is 4.13. The average Bonchev–Trinajstić information content (AvgIpc) is 2.55. The molecule has 3 aromatic rings. The fourth-order valence-electron chi connectivity index (χ4n) is 2.02. The maximum absolute atomic E-state index is 8.81. The van der Waals surface area contributed by atoms with Crippen LogP contribution in [0.1, 0.15) is 5.56 Å². The molecule has 0 aliphatic rings. The lowest BCUT2D eigenvalue weighted by Gasteiger charge is -2.09. The van der Waals surface area contributed by atoms with E-state index in [1.165, 1.54) is 0 Å². The van der Waals surface area contributed by atoms with Gasteiger partial charge in [0.05, 0.1) is 11.6 Å². The van der Waals surface area contributed by atoms with Gasteiger partial charge in [-0.25, -0.2) is 4.98 Å². The van der Waals surface area contributed by atoms with Gasteiger partial charge < -0.3 is 10.6 Å². The van der Waals surface area contributed by atoms with E-state index >= 15 is 0 Å². The Balaban J connectivity index is 1.77. The fourth-order valence-corrected chi connectivity index (χ4v) is 2.55. The van der Waals surface area contributed by atoms with E-state index in [9.17, 15) is 0 Å². The zero-order valence-corrected chi connectivity index (χ0v) is 13.8.